The molecule has 1 aromatic carbocycles. The van der Waals surface area contributed by atoms with Crippen LogP contribution in [0.15, 0.2) is 36.7 Å². The molecule has 4 nitrogen and oxygen atoms in total. The van der Waals surface area contributed by atoms with E-state index in [1.54, 1.807) is 0 Å². The second-order valence-corrected chi connectivity index (χ2v) is 6.03. The summed E-state index contributed by atoms with van der Waals surface area (Å²) in [5, 5.41) is 4.23. The van der Waals surface area contributed by atoms with Gasteiger partial charge in [-0.3, -0.25) is 4.68 Å². The number of ether oxygens (including phenoxy) is 1. The molecule has 1 unspecified atom stereocenters. The highest BCUT2D eigenvalue weighted by molar-refractivity contribution is 5.34. The van der Waals surface area contributed by atoms with Crippen LogP contribution in [-0.2, 0) is 20.0 Å². The third-order valence-electron chi connectivity index (χ3n) is 4.05. The van der Waals surface area contributed by atoms with E-state index in [0.717, 1.165) is 38.3 Å². The van der Waals surface area contributed by atoms with Crippen LogP contribution in [0.2, 0.25) is 0 Å². The van der Waals surface area contributed by atoms with Gasteiger partial charge in [-0.25, -0.2) is 0 Å². The molecule has 0 fully saturated rings. The zero-order chi connectivity index (χ0) is 14.7. The van der Waals surface area contributed by atoms with Gasteiger partial charge in [0.15, 0.2) is 0 Å². The second kappa shape index (κ2) is 6.31. The first-order valence-electron chi connectivity index (χ1n) is 7.57. The van der Waals surface area contributed by atoms with Crippen LogP contribution in [0.4, 0.5) is 0 Å². The normalized spacial score (nSPS) is 18.1. The summed E-state index contributed by atoms with van der Waals surface area (Å²) in [4.78, 5) is 2.38. The first-order valence-corrected chi connectivity index (χ1v) is 7.57. The molecule has 2 aromatic rings. The van der Waals surface area contributed by atoms with E-state index in [-0.39, 0.29) is 0 Å². The first kappa shape index (κ1) is 14.1. The molecule has 1 aliphatic heterocycles. The number of aryl methyl sites for hydroxylation is 1. The second-order valence-electron chi connectivity index (χ2n) is 6.03. The highest BCUT2D eigenvalue weighted by Gasteiger charge is 2.19. The van der Waals surface area contributed by atoms with Gasteiger partial charge in [-0.1, -0.05) is 18.2 Å². The molecule has 0 N–H and O–H groups in total. The van der Waals surface area contributed by atoms with Gasteiger partial charge in [-0.05, 0) is 37.4 Å². The Hall–Kier alpha value is -1.81. The minimum absolute atomic E-state index is 0.648. The minimum Gasteiger partial charge on any atom is -0.493 e. The monoisotopic (exact) mass is 285 g/mol. The van der Waals surface area contributed by atoms with Gasteiger partial charge in [0.25, 0.3) is 0 Å². The summed E-state index contributed by atoms with van der Waals surface area (Å²) < 4.78 is 7.71. The highest BCUT2D eigenvalue weighted by atomic mass is 16.5. The van der Waals surface area contributed by atoms with Crippen LogP contribution in [0.5, 0.6) is 5.75 Å². The maximum absolute atomic E-state index is 5.85. The molecule has 21 heavy (non-hydrogen) atoms. The first-order chi connectivity index (χ1) is 10.2. The van der Waals surface area contributed by atoms with Crippen molar-refractivity contribution in [1.82, 2.24) is 14.7 Å². The quantitative estimate of drug-likeness (QED) is 0.864. The van der Waals surface area contributed by atoms with E-state index in [1.165, 1.54) is 11.1 Å². The molecule has 0 saturated carbocycles. The summed E-state index contributed by atoms with van der Waals surface area (Å²) in [5.41, 5.74) is 2.61. The van der Waals surface area contributed by atoms with E-state index in [1.807, 2.05) is 24.0 Å². The van der Waals surface area contributed by atoms with E-state index in [0.29, 0.717) is 5.92 Å². The lowest BCUT2D eigenvalue weighted by Gasteiger charge is -2.22. The third-order valence-corrected chi connectivity index (χ3v) is 4.05. The molecular formula is C17H23N3O. The fraction of sp³-hybridized carbons (Fsp3) is 0.471. The summed E-state index contributed by atoms with van der Waals surface area (Å²) >= 11 is 0. The summed E-state index contributed by atoms with van der Waals surface area (Å²) in [5.74, 6) is 1.71. The molecule has 0 amide bonds. The van der Waals surface area contributed by atoms with Gasteiger partial charge in [0, 0.05) is 31.9 Å². The van der Waals surface area contributed by atoms with E-state index >= 15 is 0 Å². The largest absolute Gasteiger partial charge is 0.493 e. The Bertz CT molecular complexity index is 593. The maximum atomic E-state index is 5.85. The van der Waals surface area contributed by atoms with Crippen molar-refractivity contribution in [3.05, 3.63) is 47.8 Å². The summed E-state index contributed by atoms with van der Waals surface area (Å²) in [6.07, 6.45) is 6.25. The van der Waals surface area contributed by atoms with Crippen molar-refractivity contribution in [3.63, 3.8) is 0 Å². The van der Waals surface area contributed by atoms with Gasteiger partial charge in [0.2, 0.25) is 0 Å². The van der Waals surface area contributed by atoms with E-state index < -0.39 is 0 Å². The zero-order valence-electron chi connectivity index (χ0n) is 12.8. The number of hydrogen-bond acceptors (Lipinski definition) is 3. The van der Waals surface area contributed by atoms with Crippen molar-refractivity contribution in [2.24, 2.45) is 13.0 Å². The van der Waals surface area contributed by atoms with Crippen LogP contribution >= 0.6 is 0 Å². The lowest BCUT2D eigenvalue weighted by atomic mass is 9.96. The number of nitrogens with zero attached hydrogens (tertiary/aromatic N) is 3. The summed E-state index contributed by atoms with van der Waals surface area (Å²) in [6.45, 7) is 2.86. The number of para-hydroxylation sites is 1. The summed E-state index contributed by atoms with van der Waals surface area (Å²) in [7, 11) is 4.15. The van der Waals surface area contributed by atoms with E-state index in [9.17, 15) is 0 Å². The van der Waals surface area contributed by atoms with Crippen molar-refractivity contribution in [2.75, 3.05) is 20.2 Å². The maximum Gasteiger partial charge on any atom is 0.122 e. The molecule has 3 rings (SSSR count). The molecule has 0 spiro atoms. The molecule has 0 saturated heterocycles. The van der Waals surface area contributed by atoms with Gasteiger partial charge in [0.1, 0.15) is 5.75 Å². The van der Waals surface area contributed by atoms with Gasteiger partial charge in [-0.15, -0.1) is 0 Å². The molecule has 1 aliphatic rings. The average molecular weight is 285 g/mol. The Morgan fingerprint density at radius 3 is 3.05 bits per heavy atom. The van der Waals surface area contributed by atoms with Crippen molar-refractivity contribution < 1.29 is 4.74 Å². The highest BCUT2D eigenvalue weighted by Crippen LogP contribution is 2.27. The Morgan fingerprint density at radius 1 is 1.38 bits per heavy atom. The Morgan fingerprint density at radius 2 is 2.24 bits per heavy atom. The molecule has 4 heteroatoms. The molecule has 0 radical (unpaired) electrons. The Labute approximate surface area is 126 Å². The number of benzene rings is 1. The fourth-order valence-electron chi connectivity index (χ4n) is 3.09. The summed E-state index contributed by atoms with van der Waals surface area (Å²) in [6, 6.07) is 8.42. The Kier molecular flexibility index (Phi) is 4.25. The number of rotatable bonds is 4. The molecule has 1 atom stereocenters. The van der Waals surface area contributed by atoms with Crippen LogP contribution in [0, 0.1) is 5.92 Å². The molecule has 0 bridgehead atoms. The fourth-order valence-corrected chi connectivity index (χ4v) is 3.09. The molecule has 2 heterocycles. The lowest BCUT2D eigenvalue weighted by Crippen LogP contribution is -2.26. The molecule has 0 aliphatic carbocycles. The topological polar surface area (TPSA) is 30.3 Å². The lowest BCUT2D eigenvalue weighted by molar-refractivity contribution is 0.235. The van der Waals surface area contributed by atoms with Gasteiger partial charge < -0.3 is 9.64 Å². The van der Waals surface area contributed by atoms with Crippen LogP contribution in [0.3, 0.4) is 0 Å². The predicted molar refractivity (Wildman–Crippen MR) is 83.3 cm³/mol. The number of hydrogen-bond donors (Lipinski definition) is 0. The van der Waals surface area contributed by atoms with Crippen LogP contribution in [-0.4, -0.2) is 34.9 Å². The number of fused-ring (bicyclic) bond motifs is 1. The zero-order valence-corrected chi connectivity index (χ0v) is 12.8. The van der Waals surface area contributed by atoms with Crippen molar-refractivity contribution in [2.45, 2.75) is 19.4 Å². The van der Waals surface area contributed by atoms with Crippen molar-refractivity contribution in [1.29, 1.82) is 0 Å². The van der Waals surface area contributed by atoms with Gasteiger partial charge in [-0.2, -0.15) is 5.10 Å². The SMILES string of the molecule is CN(Cc1cnn(C)c1)CC1CCOc2ccccc2C1. The van der Waals surface area contributed by atoms with Gasteiger partial charge in [0.05, 0.1) is 12.8 Å². The predicted octanol–water partition coefficient (Wildman–Crippen LogP) is 2.49. The minimum atomic E-state index is 0.648. The third kappa shape index (κ3) is 3.64. The number of aromatic nitrogens is 2. The molecule has 112 valence electrons. The van der Waals surface area contributed by atoms with Crippen LogP contribution < -0.4 is 4.74 Å². The van der Waals surface area contributed by atoms with Crippen molar-refractivity contribution in [3.8, 4) is 5.75 Å². The van der Waals surface area contributed by atoms with E-state index in [4.69, 9.17) is 4.74 Å². The molecular weight excluding hydrogens is 262 g/mol. The van der Waals surface area contributed by atoms with Crippen molar-refractivity contribution >= 4 is 0 Å². The van der Waals surface area contributed by atoms with Gasteiger partial charge >= 0.3 is 0 Å². The van der Waals surface area contributed by atoms with Crippen LogP contribution in [0.25, 0.3) is 0 Å². The standard InChI is InChI=1S/C17H23N3O/c1-19(12-15-10-18-20(2)13-15)11-14-7-8-21-17-6-4-3-5-16(17)9-14/h3-6,10,13-14H,7-9,11-12H2,1-2H3. The Balaban J connectivity index is 1.60. The smallest absolute Gasteiger partial charge is 0.122 e. The average Bonchev–Trinajstić information content (AvgIpc) is 2.74. The van der Waals surface area contributed by atoms with E-state index in [2.05, 4.69) is 41.4 Å². The van der Waals surface area contributed by atoms with Crippen LogP contribution in [0.1, 0.15) is 17.5 Å². The molecule has 1 aromatic heterocycles.